The van der Waals surface area contributed by atoms with Crippen LogP contribution in [0.3, 0.4) is 0 Å². The molecule has 0 spiro atoms. The summed E-state index contributed by atoms with van der Waals surface area (Å²) in [7, 11) is 0. The smallest absolute Gasteiger partial charge is 0.159 e. The molecule has 3 heteroatoms. The number of nitrogens with two attached hydrogens (primary N) is 1. The van der Waals surface area contributed by atoms with Crippen LogP contribution >= 0.6 is 0 Å². The minimum atomic E-state index is 0.540. The molecule has 0 radical (unpaired) electrons. The van der Waals surface area contributed by atoms with Crippen LogP contribution in [-0.4, -0.2) is 9.97 Å². The van der Waals surface area contributed by atoms with Crippen molar-refractivity contribution in [3.63, 3.8) is 0 Å². The molecule has 0 aliphatic heterocycles. The lowest BCUT2D eigenvalue weighted by Crippen LogP contribution is -2.02. The highest BCUT2D eigenvalue weighted by Gasteiger charge is 2.07. The normalized spacial score (nSPS) is 11.0. The second-order valence-electron chi connectivity index (χ2n) is 5.33. The van der Waals surface area contributed by atoms with Crippen LogP contribution in [0.25, 0.3) is 11.4 Å². The van der Waals surface area contributed by atoms with Crippen LogP contribution < -0.4 is 5.73 Å². The Bertz CT molecular complexity index is 562. The molecule has 0 amide bonds. The Morgan fingerprint density at radius 3 is 2.63 bits per heavy atom. The average Bonchev–Trinajstić information content (AvgIpc) is 2.37. The van der Waals surface area contributed by atoms with Crippen LogP contribution in [0.15, 0.2) is 30.3 Å². The second-order valence-corrected chi connectivity index (χ2v) is 5.33. The number of nitrogens with zero attached hydrogens (tertiary/aromatic N) is 2. The van der Waals surface area contributed by atoms with Gasteiger partial charge in [-0.05, 0) is 37.0 Å². The lowest BCUT2D eigenvalue weighted by Gasteiger charge is -2.08. The van der Waals surface area contributed by atoms with Gasteiger partial charge in [0.25, 0.3) is 0 Å². The fourth-order valence-electron chi connectivity index (χ4n) is 2.12. The number of rotatable bonds is 4. The lowest BCUT2D eigenvalue weighted by molar-refractivity contribution is 0.634. The van der Waals surface area contributed by atoms with Gasteiger partial charge in [-0.2, -0.15) is 0 Å². The van der Waals surface area contributed by atoms with Gasteiger partial charge in [-0.1, -0.05) is 32.0 Å². The molecule has 1 heterocycles. The van der Waals surface area contributed by atoms with E-state index in [1.165, 1.54) is 0 Å². The zero-order chi connectivity index (χ0) is 13.8. The molecule has 2 rings (SSSR count). The summed E-state index contributed by atoms with van der Waals surface area (Å²) < 4.78 is 0. The van der Waals surface area contributed by atoms with Crippen LogP contribution in [0.2, 0.25) is 0 Å². The van der Waals surface area contributed by atoms with Gasteiger partial charge in [-0.3, -0.25) is 0 Å². The van der Waals surface area contributed by atoms with E-state index in [2.05, 4.69) is 35.9 Å². The van der Waals surface area contributed by atoms with Gasteiger partial charge in [0.05, 0.1) is 0 Å². The molecule has 0 saturated carbocycles. The minimum absolute atomic E-state index is 0.540. The fourth-order valence-corrected chi connectivity index (χ4v) is 2.12. The largest absolute Gasteiger partial charge is 0.326 e. The van der Waals surface area contributed by atoms with E-state index in [0.717, 1.165) is 34.8 Å². The van der Waals surface area contributed by atoms with Gasteiger partial charge in [0.15, 0.2) is 5.82 Å². The Morgan fingerprint density at radius 2 is 1.95 bits per heavy atom. The molecule has 0 saturated heterocycles. The molecule has 3 nitrogen and oxygen atoms in total. The maximum absolute atomic E-state index is 5.68. The molecule has 19 heavy (non-hydrogen) atoms. The van der Waals surface area contributed by atoms with Crippen molar-refractivity contribution < 1.29 is 0 Å². The Morgan fingerprint density at radius 1 is 1.16 bits per heavy atom. The van der Waals surface area contributed by atoms with E-state index >= 15 is 0 Å². The van der Waals surface area contributed by atoms with Crippen molar-refractivity contribution in [2.45, 2.75) is 33.7 Å². The van der Waals surface area contributed by atoms with Crippen molar-refractivity contribution in [3.05, 3.63) is 47.3 Å². The zero-order valence-corrected chi connectivity index (χ0v) is 11.9. The molecule has 0 fully saturated rings. The van der Waals surface area contributed by atoms with E-state index in [1.807, 2.05) is 25.1 Å². The molecular formula is C16H21N3. The van der Waals surface area contributed by atoms with Gasteiger partial charge >= 0.3 is 0 Å². The van der Waals surface area contributed by atoms with Crippen LogP contribution in [0.5, 0.6) is 0 Å². The van der Waals surface area contributed by atoms with Gasteiger partial charge in [0.2, 0.25) is 0 Å². The predicted octanol–water partition coefficient (Wildman–Crippen LogP) is 3.11. The lowest BCUT2D eigenvalue weighted by atomic mass is 10.1. The Labute approximate surface area is 114 Å². The van der Waals surface area contributed by atoms with E-state index in [1.54, 1.807) is 0 Å². The van der Waals surface area contributed by atoms with Crippen LogP contribution in [-0.2, 0) is 13.0 Å². The van der Waals surface area contributed by atoms with Crippen LogP contribution in [0.1, 0.15) is 30.8 Å². The molecule has 1 aromatic carbocycles. The number of hydrogen-bond acceptors (Lipinski definition) is 3. The first-order valence-corrected chi connectivity index (χ1v) is 6.72. The number of hydrogen-bond donors (Lipinski definition) is 1. The highest BCUT2D eigenvalue weighted by molar-refractivity contribution is 5.56. The molecule has 0 atom stereocenters. The summed E-state index contributed by atoms with van der Waals surface area (Å²) >= 11 is 0. The van der Waals surface area contributed by atoms with Crippen molar-refractivity contribution in [3.8, 4) is 11.4 Å². The van der Waals surface area contributed by atoms with Crippen molar-refractivity contribution in [2.75, 3.05) is 0 Å². The summed E-state index contributed by atoms with van der Waals surface area (Å²) in [6, 6.07) is 10.2. The number of aryl methyl sites for hydroxylation is 1. The van der Waals surface area contributed by atoms with Crippen molar-refractivity contribution in [1.29, 1.82) is 0 Å². The number of aromatic nitrogens is 2. The molecule has 100 valence electrons. The van der Waals surface area contributed by atoms with E-state index in [9.17, 15) is 0 Å². The summed E-state index contributed by atoms with van der Waals surface area (Å²) in [6.07, 6.45) is 0.979. The Balaban J connectivity index is 2.40. The van der Waals surface area contributed by atoms with Crippen LogP contribution in [0, 0.1) is 12.8 Å². The third kappa shape index (κ3) is 3.61. The topological polar surface area (TPSA) is 51.8 Å². The molecule has 0 aliphatic rings. The van der Waals surface area contributed by atoms with E-state index in [4.69, 9.17) is 5.73 Å². The Kier molecular flexibility index (Phi) is 4.27. The van der Waals surface area contributed by atoms with Gasteiger partial charge in [0, 0.05) is 23.5 Å². The maximum atomic E-state index is 5.68. The van der Waals surface area contributed by atoms with Gasteiger partial charge in [-0.25, -0.2) is 9.97 Å². The van der Waals surface area contributed by atoms with Crippen molar-refractivity contribution in [2.24, 2.45) is 11.7 Å². The highest BCUT2D eigenvalue weighted by Crippen LogP contribution is 2.18. The molecule has 0 aliphatic carbocycles. The van der Waals surface area contributed by atoms with Crippen LogP contribution in [0.4, 0.5) is 0 Å². The summed E-state index contributed by atoms with van der Waals surface area (Å²) in [5.74, 6) is 1.39. The van der Waals surface area contributed by atoms with E-state index in [0.29, 0.717) is 12.5 Å². The maximum Gasteiger partial charge on any atom is 0.159 e. The molecule has 0 unspecified atom stereocenters. The average molecular weight is 255 g/mol. The highest BCUT2D eigenvalue weighted by atomic mass is 14.9. The summed E-state index contributed by atoms with van der Waals surface area (Å²) in [5.41, 5.74) is 9.94. The first-order chi connectivity index (χ1) is 9.08. The summed E-state index contributed by atoms with van der Waals surface area (Å²) in [6.45, 7) is 6.96. The standard InChI is InChI=1S/C16H21N3/c1-11(2)7-15-8-12(3)18-16(19-15)14-6-4-5-13(9-14)10-17/h4-6,8-9,11H,7,10,17H2,1-3H3. The molecule has 2 aromatic rings. The first-order valence-electron chi connectivity index (χ1n) is 6.72. The minimum Gasteiger partial charge on any atom is -0.326 e. The third-order valence-electron chi connectivity index (χ3n) is 2.95. The van der Waals surface area contributed by atoms with Crippen molar-refractivity contribution in [1.82, 2.24) is 9.97 Å². The van der Waals surface area contributed by atoms with Crippen molar-refractivity contribution >= 4 is 0 Å². The SMILES string of the molecule is Cc1cc(CC(C)C)nc(-c2cccc(CN)c2)n1. The molecule has 0 bridgehead atoms. The van der Waals surface area contributed by atoms with Gasteiger partial charge in [-0.15, -0.1) is 0 Å². The van der Waals surface area contributed by atoms with E-state index in [-0.39, 0.29) is 0 Å². The summed E-state index contributed by atoms with van der Waals surface area (Å²) in [5, 5.41) is 0. The first kappa shape index (κ1) is 13.7. The fraction of sp³-hybridized carbons (Fsp3) is 0.375. The molecule has 1 aromatic heterocycles. The molecule has 2 N–H and O–H groups in total. The quantitative estimate of drug-likeness (QED) is 0.913. The monoisotopic (exact) mass is 255 g/mol. The third-order valence-corrected chi connectivity index (χ3v) is 2.95. The van der Waals surface area contributed by atoms with Gasteiger partial charge in [0.1, 0.15) is 0 Å². The van der Waals surface area contributed by atoms with Gasteiger partial charge < -0.3 is 5.73 Å². The number of benzene rings is 1. The Hall–Kier alpha value is -1.74. The molecular weight excluding hydrogens is 234 g/mol. The van der Waals surface area contributed by atoms with E-state index < -0.39 is 0 Å². The summed E-state index contributed by atoms with van der Waals surface area (Å²) in [4.78, 5) is 9.20. The zero-order valence-electron chi connectivity index (χ0n) is 11.9. The predicted molar refractivity (Wildman–Crippen MR) is 78.6 cm³/mol. The second kappa shape index (κ2) is 5.93.